The van der Waals surface area contributed by atoms with Gasteiger partial charge in [0.15, 0.2) is 0 Å². The Labute approximate surface area is 62.9 Å². The molecule has 0 saturated heterocycles. The quantitative estimate of drug-likeness (QED) is 0.424. The predicted octanol–water partition coefficient (Wildman–Crippen LogP) is 3.22. The van der Waals surface area contributed by atoms with Gasteiger partial charge in [0.1, 0.15) is 0 Å². The molecule has 0 aliphatic rings. The summed E-state index contributed by atoms with van der Waals surface area (Å²) in [5.41, 5.74) is 0.219. The van der Waals surface area contributed by atoms with Gasteiger partial charge < -0.3 is 0 Å². The van der Waals surface area contributed by atoms with E-state index < -0.39 is 0 Å². The van der Waals surface area contributed by atoms with Gasteiger partial charge in [0.25, 0.3) is 0 Å². The van der Waals surface area contributed by atoms with Crippen LogP contribution in [0.1, 0.15) is 27.2 Å². The fourth-order valence-corrected chi connectivity index (χ4v) is 0.937. The zero-order valence-electron chi connectivity index (χ0n) is 6.45. The third kappa shape index (κ3) is 2.90. The van der Waals surface area contributed by atoms with Crippen molar-refractivity contribution in [1.82, 2.24) is 0 Å². The van der Waals surface area contributed by atoms with Crippen molar-refractivity contribution in [1.29, 1.82) is 0 Å². The highest BCUT2D eigenvalue weighted by molar-refractivity contribution is 6.18. The Bertz CT molecular complexity index is 90.7. The van der Waals surface area contributed by atoms with E-state index in [4.69, 9.17) is 11.6 Å². The van der Waals surface area contributed by atoms with Crippen molar-refractivity contribution in [3.05, 3.63) is 12.2 Å². The minimum Gasteiger partial charge on any atom is -0.126 e. The molecule has 54 valence electrons. The molecule has 0 amide bonds. The lowest BCUT2D eigenvalue weighted by Gasteiger charge is -2.19. The molecule has 1 atom stereocenters. The number of hydrogen-bond acceptors (Lipinski definition) is 0. The van der Waals surface area contributed by atoms with E-state index >= 15 is 0 Å². The van der Waals surface area contributed by atoms with Gasteiger partial charge in [0.2, 0.25) is 0 Å². The molecular formula is C8H15Cl. The maximum atomic E-state index is 5.74. The van der Waals surface area contributed by atoms with Gasteiger partial charge in [0, 0.05) is 5.88 Å². The summed E-state index contributed by atoms with van der Waals surface area (Å²) < 4.78 is 0. The maximum Gasteiger partial charge on any atom is 0.0311 e. The largest absolute Gasteiger partial charge is 0.126 e. The molecule has 0 nitrogen and oxygen atoms in total. The summed E-state index contributed by atoms with van der Waals surface area (Å²) in [5.74, 6) is 0.716. The number of hydrogen-bond donors (Lipinski definition) is 0. The van der Waals surface area contributed by atoms with Crippen LogP contribution in [0.2, 0.25) is 0 Å². The summed E-state index contributed by atoms with van der Waals surface area (Å²) >= 11 is 5.74. The second-order valence-electron chi connectivity index (χ2n) is 2.64. The van der Waals surface area contributed by atoms with Crippen molar-refractivity contribution >= 4 is 11.6 Å². The summed E-state index contributed by atoms with van der Waals surface area (Å²) in [4.78, 5) is 0. The Hall–Kier alpha value is 0.0300. The van der Waals surface area contributed by atoms with E-state index in [0.717, 1.165) is 6.42 Å². The van der Waals surface area contributed by atoms with Crippen LogP contribution in [0.3, 0.4) is 0 Å². The number of allylic oxidation sites excluding steroid dienone is 2. The molecular weight excluding hydrogens is 132 g/mol. The first-order valence-electron chi connectivity index (χ1n) is 3.38. The van der Waals surface area contributed by atoms with Crippen molar-refractivity contribution in [2.45, 2.75) is 27.2 Å². The molecule has 0 aliphatic carbocycles. The predicted molar refractivity (Wildman–Crippen MR) is 43.9 cm³/mol. The van der Waals surface area contributed by atoms with Crippen LogP contribution in [0.15, 0.2) is 12.2 Å². The highest BCUT2D eigenvalue weighted by atomic mass is 35.5. The molecule has 0 spiro atoms. The Morgan fingerprint density at radius 3 is 2.22 bits per heavy atom. The lowest BCUT2D eigenvalue weighted by atomic mass is 9.90. The molecule has 0 rings (SSSR count). The van der Waals surface area contributed by atoms with E-state index in [2.05, 4.69) is 26.0 Å². The molecule has 1 heteroatoms. The molecule has 9 heavy (non-hydrogen) atoms. The van der Waals surface area contributed by atoms with Gasteiger partial charge in [-0.05, 0) is 18.8 Å². The van der Waals surface area contributed by atoms with Gasteiger partial charge in [-0.25, -0.2) is 0 Å². The molecule has 0 aromatic carbocycles. The van der Waals surface area contributed by atoms with Gasteiger partial charge in [0.05, 0.1) is 0 Å². The van der Waals surface area contributed by atoms with Gasteiger partial charge >= 0.3 is 0 Å². The smallest absolute Gasteiger partial charge is 0.0311 e. The fourth-order valence-electron chi connectivity index (χ4n) is 0.659. The van der Waals surface area contributed by atoms with Crippen molar-refractivity contribution in [2.75, 3.05) is 5.88 Å². The lowest BCUT2D eigenvalue weighted by molar-refractivity contribution is 0.469. The first kappa shape index (κ1) is 9.03. The van der Waals surface area contributed by atoms with Gasteiger partial charge in [-0.3, -0.25) is 0 Å². The fraction of sp³-hybridized carbons (Fsp3) is 0.750. The van der Waals surface area contributed by atoms with Crippen LogP contribution in [0, 0.1) is 5.41 Å². The summed E-state index contributed by atoms with van der Waals surface area (Å²) in [7, 11) is 0. The van der Waals surface area contributed by atoms with E-state index in [9.17, 15) is 0 Å². The first-order chi connectivity index (χ1) is 4.18. The van der Waals surface area contributed by atoms with Crippen LogP contribution in [-0.4, -0.2) is 5.88 Å². The average molecular weight is 147 g/mol. The standard InChI is InChI=1S/C8H15Cl/c1-4-6-8(3,5-2)7-9/h4,6H,5,7H2,1-3H3/b6-4+/t8-/m1/s1. The van der Waals surface area contributed by atoms with Crippen LogP contribution in [-0.2, 0) is 0 Å². The third-order valence-electron chi connectivity index (χ3n) is 1.68. The van der Waals surface area contributed by atoms with E-state index in [1.807, 2.05) is 6.92 Å². The third-order valence-corrected chi connectivity index (χ3v) is 2.29. The summed E-state index contributed by atoms with van der Waals surface area (Å²) in [6, 6.07) is 0. The zero-order valence-corrected chi connectivity index (χ0v) is 7.20. The SMILES string of the molecule is C/C=C/[C@@](C)(CC)CCl. The van der Waals surface area contributed by atoms with Crippen molar-refractivity contribution in [3.8, 4) is 0 Å². The Balaban J connectivity index is 3.92. The average Bonchev–Trinajstić information content (AvgIpc) is 1.89. The number of halogens is 1. The highest BCUT2D eigenvalue weighted by Crippen LogP contribution is 2.23. The summed E-state index contributed by atoms with van der Waals surface area (Å²) in [6.07, 6.45) is 5.34. The van der Waals surface area contributed by atoms with Crippen LogP contribution in [0.25, 0.3) is 0 Å². The molecule has 0 fully saturated rings. The van der Waals surface area contributed by atoms with E-state index in [1.165, 1.54) is 0 Å². The van der Waals surface area contributed by atoms with Gasteiger partial charge in [-0.1, -0.05) is 26.0 Å². The lowest BCUT2D eigenvalue weighted by Crippen LogP contribution is -2.12. The van der Waals surface area contributed by atoms with E-state index in [1.54, 1.807) is 0 Å². The second kappa shape index (κ2) is 3.94. The van der Waals surface area contributed by atoms with Crippen LogP contribution in [0.5, 0.6) is 0 Å². The number of rotatable bonds is 3. The Kier molecular flexibility index (Phi) is 3.96. The molecule has 0 unspecified atom stereocenters. The highest BCUT2D eigenvalue weighted by Gasteiger charge is 2.15. The molecule has 0 heterocycles. The molecule has 0 bridgehead atoms. The zero-order chi connectivity index (χ0) is 7.33. The molecule has 0 aromatic heterocycles. The molecule has 0 aromatic rings. The van der Waals surface area contributed by atoms with Crippen LogP contribution >= 0.6 is 11.6 Å². The van der Waals surface area contributed by atoms with E-state index in [0.29, 0.717) is 5.88 Å². The molecule has 0 N–H and O–H groups in total. The number of alkyl halides is 1. The topological polar surface area (TPSA) is 0 Å². The van der Waals surface area contributed by atoms with Gasteiger partial charge in [-0.2, -0.15) is 0 Å². The maximum absolute atomic E-state index is 5.74. The first-order valence-corrected chi connectivity index (χ1v) is 3.92. The Morgan fingerprint density at radius 1 is 1.56 bits per heavy atom. The van der Waals surface area contributed by atoms with Crippen LogP contribution < -0.4 is 0 Å². The summed E-state index contributed by atoms with van der Waals surface area (Å²) in [6.45, 7) is 6.35. The molecule has 0 radical (unpaired) electrons. The van der Waals surface area contributed by atoms with Crippen LogP contribution in [0.4, 0.5) is 0 Å². The minimum absolute atomic E-state index is 0.219. The van der Waals surface area contributed by atoms with Gasteiger partial charge in [-0.15, -0.1) is 11.6 Å². The van der Waals surface area contributed by atoms with Crippen molar-refractivity contribution in [3.63, 3.8) is 0 Å². The second-order valence-corrected chi connectivity index (χ2v) is 2.91. The minimum atomic E-state index is 0.219. The van der Waals surface area contributed by atoms with Crippen molar-refractivity contribution < 1.29 is 0 Å². The molecule has 0 saturated carbocycles. The summed E-state index contributed by atoms with van der Waals surface area (Å²) in [5, 5.41) is 0. The molecule has 0 aliphatic heterocycles. The normalized spacial score (nSPS) is 18.2. The van der Waals surface area contributed by atoms with E-state index in [-0.39, 0.29) is 5.41 Å². The Morgan fingerprint density at radius 2 is 2.11 bits per heavy atom. The van der Waals surface area contributed by atoms with Crippen molar-refractivity contribution in [2.24, 2.45) is 5.41 Å². The monoisotopic (exact) mass is 146 g/mol.